The lowest BCUT2D eigenvalue weighted by Crippen LogP contribution is -2.36. The Morgan fingerprint density at radius 3 is 2.69 bits per heavy atom. The van der Waals surface area contributed by atoms with Gasteiger partial charge in [0.15, 0.2) is 0 Å². The highest BCUT2D eigenvalue weighted by Gasteiger charge is 2.30. The number of carbonyl (C=O) groups excluding carboxylic acids is 1. The fourth-order valence-corrected chi connectivity index (χ4v) is 3.40. The van der Waals surface area contributed by atoms with Gasteiger partial charge in [0.1, 0.15) is 5.82 Å². The van der Waals surface area contributed by atoms with Gasteiger partial charge in [0.2, 0.25) is 11.9 Å². The van der Waals surface area contributed by atoms with E-state index in [1.54, 1.807) is 19.3 Å². The second-order valence-corrected chi connectivity index (χ2v) is 7.10. The number of amides is 1. The SMILES string of the molecule is CNc1nccc(N2CCC(CC(=O)NCc3cccc(C(F)(F)F)c3)CC2)n1. The van der Waals surface area contributed by atoms with Crippen molar-refractivity contribution in [1.29, 1.82) is 0 Å². The molecule has 6 nitrogen and oxygen atoms in total. The molecule has 1 aromatic carbocycles. The van der Waals surface area contributed by atoms with Gasteiger partial charge < -0.3 is 15.5 Å². The molecule has 0 bridgehead atoms. The second-order valence-electron chi connectivity index (χ2n) is 7.10. The minimum absolute atomic E-state index is 0.0926. The fourth-order valence-electron chi connectivity index (χ4n) is 3.40. The van der Waals surface area contributed by atoms with Crippen molar-refractivity contribution < 1.29 is 18.0 Å². The summed E-state index contributed by atoms with van der Waals surface area (Å²) < 4.78 is 38.3. The molecule has 3 rings (SSSR count). The van der Waals surface area contributed by atoms with Crippen molar-refractivity contribution in [2.45, 2.75) is 32.0 Å². The Hall–Kier alpha value is -2.84. The maximum Gasteiger partial charge on any atom is 0.416 e. The highest BCUT2D eigenvalue weighted by Crippen LogP contribution is 2.29. The Morgan fingerprint density at radius 2 is 2.00 bits per heavy atom. The van der Waals surface area contributed by atoms with E-state index in [0.29, 0.717) is 17.9 Å². The molecule has 0 saturated carbocycles. The van der Waals surface area contributed by atoms with Gasteiger partial charge in [0.25, 0.3) is 0 Å². The van der Waals surface area contributed by atoms with E-state index in [1.807, 2.05) is 6.07 Å². The molecule has 1 saturated heterocycles. The van der Waals surface area contributed by atoms with Crippen molar-refractivity contribution in [2.24, 2.45) is 5.92 Å². The van der Waals surface area contributed by atoms with E-state index in [9.17, 15) is 18.0 Å². The van der Waals surface area contributed by atoms with E-state index in [0.717, 1.165) is 43.9 Å². The minimum atomic E-state index is -4.38. The van der Waals surface area contributed by atoms with Gasteiger partial charge in [0, 0.05) is 39.3 Å². The lowest BCUT2D eigenvalue weighted by Gasteiger charge is -2.32. The molecule has 1 aromatic heterocycles. The maximum atomic E-state index is 12.8. The van der Waals surface area contributed by atoms with Crippen molar-refractivity contribution in [2.75, 3.05) is 30.4 Å². The van der Waals surface area contributed by atoms with Crippen molar-refractivity contribution in [3.63, 3.8) is 0 Å². The van der Waals surface area contributed by atoms with Crippen LogP contribution in [0.15, 0.2) is 36.5 Å². The first-order valence-electron chi connectivity index (χ1n) is 9.53. The topological polar surface area (TPSA) is 70.2 Å². The zero-order valence-electron chi connectivity index (χ0n) is 16.2. The summed E-state index contributed by atoms with van der Waals surface area (Å²) in [6.45, 7) is 1.69. The smallest absolute Gasteiger partial charge is 0.357 e. The van der Waals surface area contributed by atoms with Crippen LogP contribution in [0.5, 0.6) is 0 Å². The summed E-state index contributed by atoms with van der Waals surface area (Å²) in [6, 6.07) is 6.89. The lowest BCUT2D eigenvalue weighted by atomic mass is 9.93. The van der Waals surface area contributed by atoms with E-state index in [-0.39, 0.29) is 18.4 Å². The van der Waals surface area contributed by atoms with Gasteiger partial charge in [-0.1, -0.05) is 12.1 Å². The number of halogens is 3. The molecule has 2 aromatic rings. The molecule has 156 valence electrons. The first-order chi connectivity index (χ1) is 13.8. The number of piperidine rings is 1. The Bertz CT molecular complexity index is 835. The predicted molar refractivity (Wildman–Crippen MR) is 104 cm³/mol. The predicted octanol–water partition coefficient (Wildman–Crippen LogP) is 3.46. The number of nitrogens with zero attached hydrogens (tertiary/aromatic N) is 3. The van der Waals surface area contributed by atoms with Gasteiger partial charge >= 0.3 is 6.18 Å². The lowest BCUT2D eigenvalue weighted by molar-refractivity contribution is -0.137. The average Bonchev–Trinajstić information content (AvgIpc) is 2.72. The number of anilines is 2. The average molecular weight is 407 g/mol. The third kappa shape index (κ3) is 5.82. The number of aromatic nitrogens is 2. The van der Waals surface area contributed by atoms with Crippen molar-refractivity contribution in [1.82, 2.24) is 15.3 Å². The van der Waals surface area contributed by atoms with Crippen LogP contribution >= 0.6 is 0 Å². The summed E-state index contributed by atoms with van der Waals surface area (Å²) in [6.07, 6.45) is -0.586. The fraction of sp³-hybridized carbons (Fsp3) is 0.450. The van der Waals surface area contributed by atoms with E-state index >= 15 is 0 Å². The summed E-state index contributed by atoms with van der Waals surface area (Å²) in [5.74, 6) is 1.54. The van der Waals surface area contributed by atoms with Gasteiger partial charge in [-0.05, 0) is 42.5 Å². The first kappa shape index (κ1) is 20.9. The number of benzene rings is 1. The van der Waals surface area contributed by atoms with E-state index in [4.69, 9.17) is 0 Å². The van der Waals surface area contributed by atoms with Crippen LogP contribution in [0.3, 0.4) is 0 Å². The maximum absolute atomic E-state index is 12.8. The van der Waals surface area contributed by atoms with Crippen molar-refractivity contribution in [3.8, 4) is 0 Å². The number of rotatable bonds is 6. The van der Waals surface area contributed by atoms with E-state index < -0.39 is 11.7 Å². The second kappa shape index (κ2) is 9.11. The molecule has 1 fully saturated rings. The molecule has 1 amide bonds. The molecule has 0 atom stereocenters. The summed E-state index contributed by atoms with van der Waals surface area (Å²) in [4.78, 5) is 22.9. The van der Waals surface area contributed by atoms with Crippen molar-refractivity contribution >= 4 is 17.7 Å². The first-order valence-corrected chi connectivity index (χ1v) is 9.53. The van der Waals surface area contributed by atoms with Crippen LogP contribution in [0.1, 0.15) is 30.4 Å². The standard InChI is InChI=1S/C20H24F3N5O/c1-24-19-25-8-5-17(27-19)28-9-6-14(7-10-28)12-18(29)26-13-15-3-2-4-16(11-15)20(21,22)23/h2-5,8,11,14H,6-7,9-10,12-13H2,1H3,(H,26,29)(H,24,25,27). The highest BCUT2D eigenvalue weighted by molar-refractivity contribution is 5.76. The zero-order valence-corrected chi connectivity index (χ0v) is 16.2. The van der Waals surface area contributed by atoms with Gasteiger partial charge in [-0.15, -0.1) is 0 Å². The van der Waals surface area contributed by atoms with Crippen LogP contribution in [0.4, 0.5) is 24.9 Å². The molecule has 0 aliphatic carbocycles. The summed E-state index contributed by atoms with van der Waals surface area (Å²) in [7, 11) is 1.77. The van der Waals surface area contributed by atoms with Crippen molar-refractivity contribution in [3.05, 3.63) is 47.7 Å². The largest absolute Gasteiger partial charge is 0.416 e. The highest BCUT2D eigenvalue weighted by atomic mass is 19.4. The molecular weight excluding hydrogens is 383 g/mol. The molecule has 2 heterocycles. The molecule has 29 heavy (non-hydrogen) atoms. The molecule has 1 aliphatic heterocycles. The van der Waals surface area contributed by atoms with Crippen LogP contribution in [0.2, 0.25) is 0 Å². The number of alkyl halides is 3. The van der Waals surface area contributed by atoms with Gasteiger partial charge in [-0.25, -0.2) is 4.98 Å². The van der Waals surface area contributed by atoms with Crippen LogP contribution in [-0.4, -0.2) is 36.0 Å². The molecule has 2 N–H and O–H groups in total. The van der Waals surface area contributed by atoms with E-state index in [2.05, 4.69) is 25.5 Å². The van der Waals surface area contributed by atoms with Crippen LogP contribution in [-0.2, 0) is 17.5 Å². The molecule has 9 heteroatoms. The quantitative estimate of drug-likeness (QED) is 0.768. The minimum Gasteiger partial charge on any atom is -0.357 e. The third-order valence-corrected chi connectivity index (χ3v) is 5.02. The summed E-state index contributed by atoms with van der Waals surface area (Å²) in [5.41, 5.74) is -0.269. The molecule has 0 unspecified atom stereocenters. The Kier molecular flexibility index (Phi) is 6.56. The third-order valence-electron chi connectivity index (χ3n) is 5.02. The molecule has 1 aliphatic rings. The molecular formula is C20H24F3N5O. The Labute approximate surface area is 167 Å². The van der Waals surface area contributed by atoms with Gasteiger partial charge in [-0.2, -0.15) is 18.2 Å². The van der Waals surface area contributed by atoms with Gasteiger partial charge in [0.05, 0.1) is 5.56 Å². The van der Waals surface area contributed by atoms with Gasteiger partial charge in [-0.3, -0.25) is 4.79 Å². The van der Waals surface area contributed by atoms with Crippen LogP contribution < -0.4 is 15.5 Å². The normalized spacial score (nSPS) is 15.2. The zero-order chi connectivity index (χ0) is 20.9. The molecule has 0 spiro atoms. The molecule has 0 radical (unpaired) electrons. The number of nitrogens with one attached hydrogen (secondary N) is 2. The monoisotopic (exact) mass is 407 g/mol. The Balaban J connectivity index is 1.45. The van der Waals surface area contributed by atoms with Crippen LogP contribution in [0, 0.1) is 5.92 Å². The summed E-state index contributed by atoms with van der Waals surface area (Å²) >= 11 is 0. The van der Waals surface area contributed by atoms with Crippen LogP contribution in [0.25, 0.3) is 0 Å². The number of hydrogen-bond acceptors (Lipinski definition) is 5. The van der Waals surface area contributed by atoms with E-state index in [1.165, 1.54) is 6.07 Å². The number of carbonyl (C=O) groups is 1. The number of hydrogen-bond donors (Lipinski definition) is 2. The Morgan fingerprint density at radius 1 is 1.24 bits per heavy atom. The summed E-state index contributed by atoms with van der Waals surface area (Å²) in [5, 5.41) is 5.65.